The van der Waals surface area contributed by atoms with Crippen LogP contribution in [0.3, 0.4) is 0 Å². The van der Waals surface area contributed by atoms with Crippen molar-refractivity contribution in [3.05, 3.63) is 83.1 Å². The zero-order chi connectivity index (χ0) is 45.9. The van der Waals surface area contributed by atoms with Crippen molar-refractivity contribution in [1.82, 2.24) is 58.4 Å². The highest BCUT2D eigenvalue weighted by atomic mass is 16.5. The number of allylic oxidation sites excluding steroid dienone is 2. The van der Waals surface area contributed by atoms with Crippen molar-refractivity contribution < 1.29 is 29.0 Å². The van der Waals surface area contributed by atoms with Crippen molar-refractivity contribution in [1.29, 1.82) is 0 Å². The molecular weight excluding hydrogens is 835 g/mol. The summed E-state index contributed by atoms with van der Waals surface area (Å²) >= 11 is 0. The van der Waals surface area contributed by atoms with Crippen molar-refractivity contribution >= 4 is 62.7 Å². The Kier molecular flexibility index (Phi) is 12.7. The lowest BCUT2D eigenvalue weighted by atomic mass is 10.1. The molecule has 8 rings (SSSR count). The summed E-state index contributed by atoms with van der Waals surface area (Å²) in [4.78, 5) is 73.3. The van der Waals surface area contributed by atoms with Gasteiger partial charge in [-0.3, -0.25) is 43.3 Å². The Balaban J connectivity index is 1.14. The summed E-state index contributed by atoms with van der Waals surface area (Å²) in [6, 6.07) is 8.55. The molecule has 21 heteroatoms. The second-order valence-corrected chi connectivity index (χ2v) is 15.7. The number of imidazole rings is 1. The quantitative estimate of drug-likeness (QED) is 0.0758. The molecule has 1 saturated heterocycles. The lowest BCUT2D eigenvalue weighted by Gasteiger charge is -2.34. The molecule has 0 spiro atoms. The summed E-state index contributed by atoms with van der Waals surface area (Å²) in [5, 5.41) is 22.5. The molecule has 0 radical (unpaired) electrons. The largest absolute Gasteiger partial charge is 0.491 e. The Morgan fingerprint density at radius 1 is 0.800 bits per heavy atom. The second kappa shape index (κ2) is 18.7. The number of carbonyl (C=O) groups is 4. The Hall–Kier alpha value is -7.52. The number of aliphatic hydroxyl groups is 1. The predicted octanol–water partition coefficient (Wildman–Crippen LogP) is 2.66. The van der Waals surface area contributed by atoms with Crippen LogP contribution in [-0.2, 0) is 31.0 Å². The number of ether oxygens (including phenoxy) is 1. The molecular formula is C44H51N15O6. The maximum atomic E-state index is 13.6. The Labute approximate surface area is 372 Å². The van der Waals surface area contributed by atoms with Gasteiger partial charge in [0.2, 0.25) is 23.7 Å². The van der Waals surface area contributed by atoms with E-state index >= 15 is 0 Å². The fraction of sp³-hybridized carbons (Fsp3) is 0.364. The number of nitrogens with zero attached hydrogens (tertiary/aromatic N) is 12. The summed E-state index contributed by atoms with van der Waals surface area (Å²) in [5.74, 6) is -0.841. The summed E-state index contributed by atoms with van der Waals surface area (Å²) < 4.78 is 13.7. The smallest absolute Gasteiger partial charge is 0.276 e. The van der Waals surface area contributed by atoms with Crippen LogP contribution in [0, 0.1) is 13.8 Å². The normalized spacial score (nSPS) is 13.5. The van der Waals surface area contributed by atoms with Crippen LogP contribution in [0.2, 0.25) is 0 Å². The Morgan fingerprint density at radius 3 is 2.22 bits per heavy atom. The van der Waals surface area contributed by atoms with E-state index in [9.17, 15) is 24.3 Å². The molecule has 0 saturated carbocycles. The van der Waals surface area contributed by atoms with E-state index in [1.165, 1.54) is 12.3 Å². The molecule has 65 heavy (non-hydrogen) atoms. The summed E-state index contributed by atoms with van der Waals surface area (Å²) in [7, 11) is 0. The Morgan fingerprint density at radius 2 is 1.51 bits per heavy atom. The van der Waals surface area contributed by atoms with Gasteiger partial charge in [0, 0.05) is 87.6 Å². The Bertz CT molecular complexity index is 2990. The number of benzene rings is 1. The average molecular weight is 886 g/mol. The number of hydrogen-bond acceptors (Lipinski definition) is 13. The number of amides is 4. The molecule has 0 unspecified atom stereocenters. The van der Waals surface area contributed by atoms with Gasteiger partial charge in [0.05, 0.1) is 29.1 Å². The van der Waals surface area contributed by atoms with Gasteiger partial charge in [-0.15, -0.1) is 0 Å². The van der Waals surface area contributed by atoms with Gasteiger partial charge >= 0.3 is 0 Å². The van der Waals surface area contributed by atoms with Crippen LogP contribution in [0.4, 0.5) is 5.95 Å². The maximum absolute atomic E-state index is 13.6. The fourth-order valence-electron chi connectivity index (χ4n) is 8.19. The van der Waals surface area contributed by atoms with E-state index in [4.69, 9.17) is 26.2 Å². The topological polar surface area (TPSA) is 265 Å². The van der Waals surface area contributed by atoms with Gasteiger partial charge in [0.25, 0.3) is 5.91 Å². The summed E-state index contributed by atoms with van der Waals surface area (Å²) in [6.45, 7) is 12.2. The third-order valence-electron chi connectivity index (χ3n) is 11.4. The monoisotopic (exact) mass is 885 g/mol. The maximum Gasteiger partial charge on any atom is 0.276 e. The second-order valence-electron chi connectivity index (χ2n) is 15.7. The minimum absolute atomic E-state index is 0.174. The van der Waals surface area contributed by atoms with Gasteiger partial charge in [-0.25, -0.2) is 19.9 Å². The lowest BCUT2D eigenvalue weighted by molar-refractivity contribution is -0.135. The highest BCUT2D eigenvalue weighted by molar-refractivity contribution is 6.12. The number of aryl methyl sites for hydroxylation is 4. The highest BCUT2D eigenvalue weighted by Crippen LogP contribution is 2.36. The number of primary amides is 2. The van der Waals surface area contributed by atoms with Gasteiger partial charge in [0.15, 0.2) is 11.5 Å². The van der Waals surface area contributed by atoms with Gasteiger partial charge in [-0.2, -0.15) is 10.2 Å². The lowest BCUT2D eigenvalue weighted by Crippen LogP contribution is -2.49. The molecule has 1 fully saturated rings. The number of anilines is 1. The van der Waals surface area contributed by atoms with E-state index < -0.39 is 24.3 Å². The minimum atomic E-state index is -0.660. The number of fused-ring (bicyclic) bond motifs is 4. The van der Waals surface area contributed by atoms with Crippen molar-refractivity contribution in [2.75, 3.05) is 51.3 Å². The van der Waals surface area contributed by atoms with E-state index in [1.807, 2.05) is 55.2 Å². The van der Waals surface area contributed by atoms with Crippen molar-refractivity contribution in [2.24, 2.45) is 11.5 Å². The summed E-state index contributed by atoms with van der Waals surface area (Å²) in [5.41, 5.74) is 16.6. The van der Waals surface area contributed by atoms with E-state index in [2.05, 4.69) is 30.4 Å². The SMILES string of the molecule is CCn1nc(C)cc1C(=O)Nc1nc2cc(C(N)=O)cnc2n1C/C=C/Cn1c2nc(-c3cc(C)nn3CC)ncc2c2cc(C(N)=O)cc(OCCCN3CCN(C(=O)CO)CC3)c21. The molecule has 21 nitrogen and oxygen atoms in total. The standard InChI is InChI=1S/C44H51N15O6/c1-5-58-33(18-26(3)52-58)40-47-24-31-30-20-28(38(45)62)22-35(65-17-9-10-54-13-15-55(16-14-54)36(61)25-60)37(30)56(41(31)50-40)11-7-8-12-57-42-32(21-29(23-48-42)39(46)63)49-44(57)51-43(64)34-19-27(4)53-59(34)6-2/h7-8,18-24,60H,5-6,9-17,25H2,1-4H3,(H2,45,62)(H2,46,63)(H,49,51,64)/b8-7+. The van der Waals surface area contributed by atoms with Crippen LogP contribution >= 0.6 is 0 Å². The molecule has 6 N–H and O–H groups in total. The number of pyridine rings is 1. The van der Waals surface area contributed by atoms with Gasteiger partial charge in [0.1, 0.15) is 34.9 Å². The van der Waals surface area contributed by atoms with Crippen LogP contribution in [0.25, 0.3) is 44.6 Å². The van der Waals surface area contributed by atoms with Crippen LogP contribution in [-0.4, -0.2) is 133 Å². The molecule has 338 valence electrons. The number of rotatable bonds is 17. The van der Waals surface area contributed by atoms with E-state index in [0.717, 1.165) is 17.9 Å². The van der Waals surface area contributed by atoms with Gasteiger partial charge in [-0.1, -0.05) is 12.2 Å². The number of nitrogens with one attached hydrogen (secondary N) is 1. The van der Waals surface area contributed by atoms with Gasteiger partial charge in [-0.05, 0) is 64.4 Å². The van der Waals surface area contributed by atoms with E-state index in [1.54, 1.807) is 38.5 Å². The van der Waals surface area contributed by atoms with Crippen LogP contribution in [0.1, 0.15) is 62.9 Å². The first kappa shape index (κ1) is 44.1. The highest BCUT2D eigenvalue weighted by Gasteiger charge is 2.24. The first-order valence-electron chi connectivity index (χ1n) is 21.5. The van der Waals surface area contributed by atoms with E-state index in [-0.39, 0.29) is 36.1 Å². The zero-order valence-electron chi connectivity index (χ0n) is 36.7. The molecule has 7 aromatic rings. The van der Waals surface area contributed by atoms with E-state index in [0.29, 0.717) is 108 Å². The molecule has 0 aliphatic carbocycles. The number of piperazine rings is 1. The minimum Gasteiger partial charge on any atom is -0.491 e. The molecule has 4 amide bonds. The van der Waals surface area contributed by atoms with Crippen molar-refractivity contribution in [2.45, 2.75) is 60.3 Å². The molecule has 0 atom stereocenters. The van der Waals surface area contributed by atoms with Crippen LogP contribution < -0.4 is 21.5 Å². The van der Waals surface area contributed by atoms with Crippen LogP contribution in [0.15, 0.2) is 54.9 Å². The number of aromatic nitrogens is 10. The third-order valence-corrected chi connectivity index (χ3v) is 11.4. The number of carbonyl (C=O) groups excluding carboxylic acids is 4. The number of hydrogen-bond donors (Lipinski definition) is 4. The number of aliphatic hydroxyl groups excluding tert-OH is 1. The third kappa shape index (κ3) is 9.00. The zero-order valence-corrected chi connectivity index (χ0v) is 36.7. The van der Waals surface area contributed by atoms with Crippen molar-refractivity contribution in [3.8, 4) is 17.3 Å². The average Bonchev–Trinajstić information content (AvgIpc) is 4.06. The molecule has 7 heterocycles. The van der Waals surface area contributed by atoms with Crippen molar-refractivity contribution in [3.63, 3.8) is 0 Å². The molecule has 0 bridgehead atoms. The molecule has 6 aromatic heterocycles. The molecule has 1 aliphatic heterocycles. The fourth-order valence-corrected chi connectivity index (χ4v) is 8.19. The van der Waals surface area contributed by atoms with Gasteiger partial charge < -0.3 is 30.8 Å². The summed E-state index contributed by atoms with van der Waals surface area (Å²) in [6.07, 6.45) is 7.62. The predicted molar refractivity (Wildman–Crippen MR) is 241 cm³/mol. The molecule has 1 aromatic carbocycles. The first-order valence-corrected chi connectivity index (χ1v) is 21.5. The number of nitrogens with two attached hydrogens (primary N) is 2. The first-order chi connectivity index (χ1) is 31.4. The molecule has 1 aliphatic rings. The van der Waals surface area contributed by atoms with Crippen LogP contribution in [0.5, 0.6) is 5.75 Å².